The minimum absolute atomic E-state index is 0.254. The molecule has 1 aromatic carbocycles. The molecule has 4 nitrogen and oxygen atoms in total. The van der Waals surface area contributed by atoms with Crippen LogP contribution in [0.4, 0.5) is 0 Å². The van der Waals surface area contributed by atoms with Crippen molar-refractivity contribution in [3.8, 4) is 11.8 Å². The van der Waals surface area contributed by atoms with Gasteiger partial charge in [-0.3, -0.25) is 0 Å². The third-order valence-corrected chi connectivity index (χ3v) is 2.00. The van der Waals surface area contributed by atoms with E-state index in [-0.39, 0.29) is 6.61 Å². The van der Waals surface area contributed by atoms with Crippen LogP contribution in [0.2, 0.25) is 0 Å². The number of benzene rings is 1. The van der Waals surface area contributed by atoms with Crippen molar-refractivity contribution in [2.24, 2.45) is 0 Å². The minimum Gasteiger partial charge on any atom is -0.491 e. The first-order chi connectivity index (χ1) is 7.61. The molecule has 1 unspecified atom stereocenters. The van der Waals surface area contributed by atoms with Crippen molar-refractivity contribution in [2.45, 2.75) is 6.10 Å². The highest BCUT2D eigenvalue weighted by Crippen LogP contribution is 2.11. The summed E-state index contributed by atoms with van der Waals surface area (Å²) in [5, 5.41) is 18.2. The van der Waals surface area contributed by atoms with E-state index in [1.54, 1.807) is 24.3 Å². The molecule has 0 radical (unpaired) electrons. The maximum absolute atomic E-state index is 9.56. The number of aliphatic hydroxyl groups is 1. The van der Waals surface area contributed by atoms with Gasteiger partial charge in [0.25, 0.3) is 0 Å². The largest absolute Gasteiger partial charge is 0.491 e. The average Bonchev–Trinajstić information content (AvgIpc) is 2.26. The number of ether oxygens (including phenoxy) is 1. The molecule has 0 amide bonds. The van der Waals surface area contributed by atoms with Gasteiger partial charge in [0.2, 0.25) is 0 Å². The summed E-state index contributed by atoms with van der Waals surface area (Å²) in [5.74, 6) is 0.664. The Morgan fingerprint density at radius 2 is 2.00 bits per heavy atom. The van der Waals surface area contributed by atoms with E-state index >= 15 is 0 Å². The molecule has 16 heavy (non-hydrogen) atoms. The first kappa shape index (κ1) is 12.5. The Balaban J connectivity index is 2.40. The number of hydrogen-bond donors (Lipinski definition) is 1. The number of aliphatic hydroxyl groups excluding tert-OH is 1. The number of nitrogens with zero attached hydrogens (tertiary/aromatic N) is 2. The van der Waals surface area contributed by atoms with Gasteiger partial charge in [0.15, 0.2) is 0 Å². The summed E-state index contributed by atoms with van der Waals surface area (Å²) in [6.45, 7) is 0.820. The molecular formula is C12H16N2O2. The number of rotatable bonds is 5. The number of likely N-dealkylation sites (N-methyl/N-ethyl adjacent to an activating group) is 1. The number of hydrogen-bond acceptors (Lipinski definition) is 4. The third kappa shape index (κ3) is 4.30. The topological polar surface area (TPSA) is 56.5 Å². The predicted molar refractivity (Wildman–Crippen MR) is 61.2 cm³/mol. The Bertz CT molecular complexity index is 354. The van der Waals surface area contributed by atoms with Crippen LogP contribution in [-0.4, -0.2) is 43.4 Å². The van der Waals surface area contributed by atoms with Crippen LogP contribution in [0.3, 0.4) is 0 Å². The van der Waals surface area contributed by atoms with E-state index in [0.717, 1.165) is 0 Å². The lowest BCUT2D eigenvalue weighted by molar-refractivity contribution is 0.0831. The highest BCUT2D eigenvalue weighted by atomic mass is 16.5. The zero-order chi connectivity index (χ0) is 12.0. The molecule has 0 aliphatic carbocycles. The average molecular weight is 220 g/mol. The summed E-state index contributed by atoms with van der Waals surface area (Å²) in [5.41, 5.74) is 0.598. The standard InChI is InChI=1S/C12H16N2O2/c1-14(2)8-11(15)9-16-12-5-3-10(7-13)4-6-12/h3-6,11,15H,8-9H2,1-2H3. The van der Waals surface area contributed by atoms with Gasteiger partial charge in [-0.25, -0.2) is 0 Å². The SMILES string of the molecule is CN(C)CC(O)COc1ccc(C#N)cc1. The second-order valence-corrected chi connectivity index (χ2v) is 3.86. The highest BCUT2D eigenvalue weighted by Gasteiger charge is 2.06. The molecule has 0 aliphatic heterocycles. The third-order valence-electron chi connectivity index (χ3n) is 2.00. The van der Waals surface area contributed by atoms with Crippen LogP contribution in [0.25, 0.3) is 0 Å². The highest BCUT2D eigenvalue weighted by molar-refractivity contribution is 5.34. The summed E-state index contributed by atoms with van der Waals surface area (Å²) >= 11 is 0. The molecular weight excluding hydrogens is 204 g/mol. The summed E-state index contributed by atoms with van der Waals surface area (Å²) < 4.78 is 5.38. The van der Waals surface area contributed by atoms with E-state index in [1.807, 2.05) is 25.1 Å². The smallest absolute Gasteiger partial charge is 0.119 e. The van der Waals surface area contributed by atoms with E-state index < -0.39 is 6.10 Å². The fourth-order valence-electron chi connectivity index (χ4n) is 1.29. The fraction of sp³-hybridized carbons (Fsp3) is 0.417. The van der Waals surface area contributed by atoms with Crippen molar-refractivity contribution in [2.75, 3.05) is 27.2 Å². The molecule has 86 valence electrons. The van der Waals surface area contributed by atoms with Gasteiger partial charge in [0.05, 0.1) is 11.6 Å². The van der Waals surface area contributed by atoms with Gasteiger partial charge in [-0.15, -0.1) is 0 Å². The molecule has 1 aromatic rings. The lowest BCUT2D eigenvalue weighted by Crippen LogP contribution is -2.30. The Labute approximate surface area is 95.7 Å². The van der Waals surface area contributed by atoms with Gasteiger partial charge >= 0.3 is 0 Å². The van der Waals surface area contributed by atoms with Gasteiger partial charge in [-0.05, 0) is 38.4 Å². The second-order valence-electron chi connectivity index (χ2n) is 3.86. The predicted octanol–water partition coefficient (Wildman–Crippen LogP) is 0.860. The summed E-state index contributed by atoms with van der Waals surface area (Å²) in [7, 11) is 3.79. The molecule has 1 rings (SSSR count). The molecule has 0 aromatic heterocycles. The van der Waals surface area contributed by atoms with E-state index in [1.165, 1.54) is 0 Å². The van der Waals surface area contributed by atoms with Crippen molar-refractivity contribution in [1.29, 1.82) is 5.26 Å². The summed E-state index contributed by atoms with van der Waals surface area (Å²) in [4.78, 5) is 1.90. The molecule has 0 saturated heterocycles. The Morgan fingerprint density at radius 1 is 1.38 bits per heavy atom. The Kier molecular flexibility index (Phi) is 4.77. The van der Waals surface area contributed by atoms with Crippen LogP contribution < -0.4 is 4.74 Å². The van der Waals surface area contributed by atoms with Gasteiger partial charge in [-0.1, -0.05) is 0 Å². The molecule has 0 bridgehead atoms. The van der Waals surface area contributed by atoms with Crippen molar-refractivity contribution in [3.05, 3.63) is 29.8 Å². The fourth-order valence-corrected chi connectivity index (χ4v) is 1.29. The van der Waals surface area contributed by atoms with Gasteiger partial charge < -0.3 is 14.7 Å². The molecule has 1 atom stereocenters. The minimum atomic E-state index is -0.509. The monoisotopic (exact) mass is 220 g/mol. The van der Waals surface area contributed by atoms with Crippen molar-refractivity contribution in [3.63, 3.8) is 0 Å². The normalized spacial score (nSPS) is 12.2. The second kappa shape index (κ2) is 6.11. The van der Waals surface area contributed by atoms with Crippen molar-refractivity contribution in [1.82, 2.24) is 4.90 Å². The van der Waals surface area contributed by atoms with Crippen LogP contribution in [0.1, 0.15) is 5.56 Å². The molecule has 1 N–H and O–H groups in total. The van der Waals surface area contributed by atoms with E-state index in [9.17, 15) is 5.11 Å². The van der Waals surface area contributed by atoms with Crippen LogP contribution in [0, 0.1) is 11.3 Å². The summed E-state index contributed by atoms with van der Waals surface area (Å²) in [6.07, 6.45) is -0.509. The van der Waals surface area contributed by atoms with Crippen molar-refractivity contribution >= 4 is 0 Å². The molecule has 0 spiro atoms. The van der Waals surface area contributed by atoms with Crippen LogP contribution in [0.15, 0.2) is 24.3 Å². The van der Waals surface area contributed by atoms with E-state index in [4.69, 9.17) is 10.00 Å². The quantitative estimate of drug-likeness (QED) is 0.799. The van der Waals surface area contributed by atoms with Gasteiger partial charge in [-0.2, -0.15) is 5.26 Å². The Hall–Kier alpha value is -1.57. The zero-order valence-electron chi connectivity index (χ0n) is 9.55. The van der Waals surface area contributed by atoms with E-state index in [2.05, 4.69) is 0 Å². The van der Waals surface area contributed by atoms with Crippen LogP contribution in [0.5, 0.6) is 5.75 Å². The molecule has 4 heteroatoms. The lowest BCUT2D eigenvalue weighted by atomic mass is 10.2. The van der Waals surface area contributed by atoms with Gasteiger partial charge in [0, 0.05) is 6.54 Å². The molecule has 0 fully saturated rings. The van der Waals surface area contributed by atoms with Crippen LogP contribution >= 0.6 is 0 Å². The maximum atomic E-state index is 9.56. The summed E-state index contributed by atoms with van der Waals surface area (Å²) in [6, 6.07) is 8.86. The maximum Gasteiger partial charge on any atom is 0.119 e. The number of nitriles is 1. The first-order valence-corrected chi connectivity index (χ1v) is 5.07. The Morgan fingerprint density at radius 3 is 2.50 bits per heavy atom. The molecule has 0 heterocycles. The first-order valence-electron chi connectivity index (χ1n) is 5.07. The van der Waals surface area contributed by atoms with Crippen molar-refractivity contribution < 1.29 is 9.84 Å². The molecule has 0 aliphatic rings. The lowest BCUT2D eigenvalue weighted by Gasteiger charge is -2.16. The van der Waals surface area contributed by atoms with E-state index in [0.29, 0.717) is 17.9 Å². The van der Waals surface area contributed by atoms with Gasteiger partial charge in [0.1, 0.15) is 18.5 Å². The molecule has 0 saturated carbocycles. The zero-order valence-corrected chi connectivity index (χ0v) is 9.55. The van der Waals surface area contributed by atoms with Crippen LogP contribution in [-0.2, 0) is 0 Å².